The third-order valence-electron chi connectivity index (χ3n) is 2.47. The van der Waals surface area contributed by atoms with Crippen molar-refractivity contribution in [1.82, 2.24) is 15.0 Å². The van der Waals surface area contributed by atoms with Gasteiger partial charge in [0.2, 0.25) is 0 Å². The molecule has 18 heavy (non-hydrogen) atoms. The molecule has 0 atom stereocenters. The normalized spacial score (nSPS) is 11.0. The number of thiazole rings is 1. The van der Waals surface area contributed by atoms with E-state index >= 15 is 0 Å². The lowest BCUT2D eigenvalue weighted by molar-refractivity contribution is 0.476. The Balaban J connectivity index is 2.24. The SMILES string of the molecule is Cc1ncc(-c2nc(Cl)c3cc(O)ccc3n2)s1. The number of hydrogen-bond acceptors (Lipinski definition) is 5. The van der Waals surface area contributed by atoms with Gasteiger partial charge in [-0.25, -0.2) is 15.0 Å². The summed E-state index contributed by atoms with van der Waals surface area (Å²) in [6, 6.07) is 4.85. The standard InChI is InChI=1S/C12H8ClN3OS/c1-6-14-5-10(18-6)12-15-9-3-2-7(17)4-8(9)11(13)16-12/h2-5,17H,1H3. The minimum atomic E-state index is 0.148. The van der Waals surface area contributed by atoms with Crippen molar-refractivity contribution < 1.29 is 5.11 Å². The van der Waals surface area contributed by atoms with E-state index in [1.165, 1.54) is 11.3 Å². The number of benzene rings is 1. The molecular formula is C12H8ClN3OS. The van der Waals surface area contributed by atoms with Crippen molar-refractivity contribution in [2.45, 2.75) is 6.92 Å². The van der Waals surface area contributed by atoms with Crippen molar-refractivity contribution in [3.05, 3.63) is 34.6 Å². The zero-order valence-electron chi connectivity index (χ0n) is 9.38. The molecule has 0 bridgehead atoms. The number of aromatic hydroxyl groups is 1. The first-order valence-electron chi connectivity index (χ1n) is 5.22. The van der Waals surface area contributed by atoms with Crippen LogP contribution in [0.5, 0.6) is 5.75 Å². The van der Waals surface area contributed by atoms with Crippen LogP contribution in [0.4, 0.5) is 0 Å². The lowest BCUT2D eigenvalue weighted by Gasteiger charge is -2.03. The fraction of sp³-hybridized carbons (Fsp3) is 0.0833. The second-order valence-electron chi connectivity index (χ2n) is 3.78. The number of aryl methyl sites for hydroxylation is 1. The molecule has 3 rings (SSSR count). The van der Waals surface area contributed by atoms with Gasteiger partial charge in [0.1, 0.15) is 10.9 Å². The van der Waals surface area contributed by atoms with E-state index in [1.807, 2.05) is 6.92 Å². The Bertz CT molecular complexity index is 741. The quantitative estimate of drug-likeness (QED) is 0.693. The molecule has 0 fully saturated rings. The van der Waals surface area contributed by atoms with Crippen molar-refractivity contribution in [2.75, 3.05) is 0 Å². The van der Waals surface area contributed by atoms with E-state index in [2.05, 4.69) is 15.0 Å². The van der Waals surface area contributed by atoms with E-state index < -0.39 is 0 Å². The lowest BCUT2D eigenvalue weighted by Crippen LogP contribution is -1.90. The Morgan fingerprint density at radius 3 is 2.83 bits per heavy atom. The van der Waals surface area contributed by atoms with Gasteiger partial charge in [-0.2, -0.15) is 0 Å². The molecule has 4 nitrogen and oxygen atoms in total. The molecular weight excluding hydrogens is 270 g/mol. The summed E-state index contributed by atoms with van der Waals surface area (Å²) >= 11 is 7.63. The van der Waals surface area contributed by atoms with Gasteiger partial charge < -0.3 is 5.11 Å². The Morgan fingerprint density at radius 2 is 2.11 bits per heavy atom. The van der Waals surface area contributed by atoms with Crippen LogP contribution in [0.25, 0.3) is 21.6 Å². The number of nitrogens with zero attached hydrogens (tertiary/aromatic N) is 3. The number of rotatable bonds is 1. The van der Waals surface area contributed by atoms with Gasteiger partial charge >= 0.3 is 0 Å². The van der Waals surface area contributed by atoms with Gasteiger partial charge in [0.05, 0.1) is 15.4 Å². The van der Waals surface area contributed by atoms with Crippen molar-refractivity contribution in [3.8, 4) is 16.5 Å². The van der Waals surface area contributed by atoms with E-state index in [0.717, 1.165) is 9.88 Å². The maximum Gasteiger partial charge on any atom is 0.173 e. The first-order chi connectivity index (χ1) is 8.63. The van der Waals surface area contributed by atoms with Crippen LogP contribution in [0.2, 0.25) is 5.15 Å². The summed E-state index contributed by atoms with van der Waals surface area (Å²) in [5.41, 5.74) is 0.703. The monoisotopic (exact) mass is 277 g/mol. The molecule has 0 radical (unpaired) electrons. The van der Waals surface area contributed by atoms with E-state index in [1.54, 1.807) is 24.4 Å². The van der Waals surface area contributed by atoms with Crippen LogP contribution in [0, 0.1) is 6.92 Å². The van der Waals surface area contributed by atoms with Crippen molar-refractivity contribution in [2.24, 2.45) is 0 Å². The van der Waals surface area contributed by atoms with Gasteiger partial charge in [-0.3, -0.25) is 0 Å². The first-order valence-corrected chi connectivity index (χ1v) is 6.42. The third-order valence-corrected chi connectivity index (χ3v) is 3.67. The average molecular weight is 278 g/mol. The van der Waals surface area contributed by atoms with Crippen LogP contribution in [0.1, 0.15) is 5.01 Å². The van der Waals surface area contributed by atoms with Crippen molar-refractivity contribution in [3.63, 3.8) is 0 Å². The van der Waals surface area contributed by atoms with Crippen molar-refractivity contribution in [1.29, 1.82) is 0 Å². The molecule has 3 aromatic rings. The van der Waals surface area contributed by atoms with Crippen LogP contribution >= 0.6 is 22.9 Å². The molecule has 6 heteroatoms. The highest BCUT2D eigenvalue weighted by Gasteiger charge is 2.10. The van der Waals surface area contributed by atoms with Gasteiger partial charge in [-0.15, -0.1) is 11.3 Å². The van der Waals surface area contributed by atoms with E-state index in [-0.39, 0.29) is 5.75 Å². The summed E-state index contributed by atoms with van der Waals surface area (Å²) in [5, 5.41) is 11.3. The Kier molecular flexibility index (Phi) is 2.65. The fourth-order valence-corrected chi connectivity index (χ4v) is 2.60. The van der Waals surface area contributed by atoms with Gasteiger partial charge in [-0.05, 0) is 25.1 Å². The molecule has 2 aromatic heterocycles. The van der Waals surface area contributed by atoms with Crippen LogP contribution < -0.4 is 0 Å². The summed E-state index contributed by atoms with van der Waals surface area (Å²) < 4.78 is 0. The fourth-order valence-electron chi connectivity index (χ4n) is 1.65. The van der Waals surface area contributed by atoms with Crippen LogP contribution in [-0.2, 0) is 0 Å². The maximum absolute atomic E-state index is 9.42. The summed E-state index contributed by atoms with van der Waals surface area (Å²) in [6.45, 7) is 1.93. The second-order valence-corrected chi connectivity index (χ2v) is 5.38. The summed E-state index contributed by atoms with van der Waals surface area (Å²) in [6.07, 6.45) is 1.73. The number of aromatic nitrogens is 3. The van der Waals surface area contributed by atoms with E-state index in [0.29, 0.717) is 21.9 Å². The van der Waals surface area contributed by atoms with Gasteiger partial charge in [0.25, 0.3) is 0 Å². The molecule has 0 amide bonds. The topological polar surface area (TPSA) is 58.9 Å². The van der Waals surface area contributed by atoms with E-state index in [9.17, 15) is 5.11 Å². The lowest BCUT2D eigenvalue weighted by atomic mass is 10.2. The molecule has 0 spiro atoms. The van der Waals surface area contributed by atoms with Crippen LogP contribution in [0.3, 0.4) is 0 Å². The Morgan fingerprint density at radius 1 is 1.28 bits per heavy atom. The highest BCUT2D eigenvalue weighted by atomic mass is 35.5. The molecule has 0 aliphatic carbocycles. The summed E-state index contributed by atoms with van der Waals surface area (Å²) in [4.78, 5) is 13.7. The molecule has 90 valence electrons. The second kappa shape index (κ2) is 4.19. The van der Waals surface area contributed by atoms with Crippen LogP contribution in [-0.4, -0.2) is 20.1 Å². The number of fused-ring (bicyclic) bond motifs is 1. The van der Waals surface area contributed by atoms with Crippen molar-refractivity contribution >= 4 is 33.8 Å². The Labute approximate surface area is 112 Å². The minimum Gasteiger partial charge on any atom is -0.508 e. The number of halogens is 1. The summed E-state index contributed by atoms with van der Waals surface area (Å²) in [5.74, 6) is 0.707. The molecule has 0 saturated carbocycles. The zero-order chi connectivity index (χ0) is 12.7. The largest absolute Gasteiger partial charge is 0.508 e. The van der Waals surface area contributed by atoms with E-state index in [4.69, 9.17) is 11.6 Å². The molecule has 2 heterocycles. The average Bonchev–Trinajstić information content (AvgIpc) is 2.77. The molecule has 0 saturated heterocycles. The number of phenolic OH excluding ortho intramolecular Hbond substituents is 1. The third kappa shape index (κ3) is 1.91. The predicted octanol–water partition coefficient (Wildman–Crippen LogP) is 3.42. The smallest absolute Gasteiger partial charge is 0.173 e. The summed E-state index contributed by atoms with van der Waals surface area (Å²) in [7, 11) is 0. The highest BCUT2D eigenvalue weighted by molar-refractivity contribution is 7.14. The maximum atomic E-state index is 9.42. The minimum absolute atomic E-state index is 0.148. The molecule has 1 N–H and O–H groups in total. The zero-order valence-corrected chi connectivity index (χ0v) is 11.0. The number of hydrogen-bond donors (Lipinski definition) is 1. The first kappa shape index (κ1) is 11.4. The van der Waals surface area contributed by atoms with Gasteiger partial charge in [-0.1, -0.05) is 11.6 Å². The molecule has 1 aromatic carbocycles. The molecule has 0 unspecified atom stereocenters. The van der Waals surface area contributed by atoms with Crippen LogP contribution in [0.15, 0.2) is 24.4 Å². The number of phenols is 1. The highest BCUT2D eigenvalue weighted by Crippen LogP contribution is 2.29. The van der Waals surface area contributed by atoms with Gasteiger partial charge in [0.15, 0.2) is 5.82 Å². The van der Waals surface area contributed by atoms with Gasteiger partial charge in [0, 0.05) is 11.6 Å². The Hall–Kier alpha value is -1.72. The predicted molar refractivity (Wildman–Crippen MR) is 72.1 cm³/mol. The molecule has 0 aliphatic heterocycles. The molecule has 0 aliphatic rings.